The summed E-state index contributed by atoms with van der Waals surface area (Å²) >= 11 is 1.57. The molecule has 33 heavy (non-hydrogen) atoms. The number of piperazine rings is 1. The Morgan fingerprint density at radius 3 is 2.58 bits per heavy atom. The van der Waals surface area contributed by atoms with Crippen LogP contribution in [-0.2, 0) is 9.59 Å². The summed E-state index contributed by atoms with van der Waals surface area (Å²) < 4.78 is 7.40. The third kappa shape index (κ3) is 4.53. The SMILES string of the molecule is CC(=O)N1CCN(c2ccc(-c3cc(OC(C)C4CNC(=O)C4)c4scnc4c3)cc2)CC1. The number of ether oxygens (including phenoxy) is 1. The number of benzene rings is 2. The van der Waals surface area contributed by atoms with Gasteiger partial charge in [-0.2, -0.15) is 0 Å². The molecular formula is C25H28N4O3S. The first kappa shape index (κ1) is 21.7. The molecule has 1 aromatic heterocycles. The van der Waals surface area contributed by atoms with Crippen molar-refractivity contribution in [2.24, 2.45) is 5.92 Å². The Labute approximate surface area is 197 Å². The fraction of sp³-hybridized carbons (Fsp3) is 0.400. The lowest BCUT2D eigenvalue weighted by atomic mass is 10.0. The topological polar surface area (TPSA) is 74.8 Å². The average molecular weight is 465 g/mol. The quantitative estimate of drug-likeness (QED) is 0.625. The van der Waals surface area contributed by atoms with Crippen molar-refractivity contribution in [2.75, 3.05) is 37.6 Å². The molecule has 2 unspecified atom stereocenters. The Hall–Kier alpha value is -3.13. The predicted octanol–water partition coefficient (Wildman–Crippen LogP) is 3.54. The molecule has 5 rings (SSSR count). The Balaban J connectivity index is 1.35. The lowest BCUT2D eigenvalue weighted by molar-refractivity contribution is -0.129. The molecule has 2 aliphatic rings. The van der Waals surface area contributed by atoms with Gasteiger partial charge in [-0.05, 0) is 42.3 Å². The van der Waals surface area contributed by atoms with Gasteiger partial charge in [-0.25, -0.2) is 4.98 Å². The van der Waals surface area contributed by atoms with E-state index in [1.807, 2.05) is 17.3 Å². The summed E-state index contributed by atoms with van der Waals surface area (Å²) in [6, 6.07) is 12.7. The van der Waals surface area contributed by atoms with E-state index in [1.54, 1.807) is 18.3 Å². The van der Waals surface area contributed by atoms with Gasteiger partial charge in [0.05, 0.1) is 15.7 Å². The number of fused-ring (bicyclic) bond motifs is 1. The number of amides is 2. The lowest BCUT2D eigenvalue weighted by Gasteiger charge is -2.35. The molecule has 3 aromatic rings. The highest BCUT2D eigenvalue weighted by Crippen LogP contribution is 2.36. The molecule has 0 radical (unpaired) electrons. The Morgan fingerprint density at radius 1 is 1.15 bits per heavy atom. The highest BCUT2D eigenvalue weighted by atomic mass is 32.1. The van der Waals surface area contributed by atoms with Gasteiger partial charge >= 0.3 is 0 Å². The first-order chi connectivity index (χ1) is 16.0. The molecule has 2 atom stereocenters. The number of hydrogen-bond donors (Lipinski definition) is 1. The zero-order valence-corrected chi connectivity index (χ0v) is 19.7. The molecule has 0 spiro atoms. The number of nitrogens with zero attached hydrogens (tertiary/aromatic N) is 3. The number of thiazole rings is 1. The lowest BCUT2D eigenvalue weighted by Crippen LogP contribution is -2.48. The second-order valence-corrected chi connectivity index (χ2v) is 9.66. The van der Waals surface area contributed by atoms with Gasteiger partial charge in [0.2, 0.25) is 11.8 Å². The van der Waals surface area contributed by atoms with E-state index in [0.29, 0.717) is 13.0 Å². The maximum atomic E-state index is 11.6. The van der Waals surface area contributed by atoms with Crippen LogP contribution < -0.4 is 15.0 Å². The van der Waals surface area contributed by atoms with E-state index in [-0.39, 0.29) is 23.8 Å². The summed E-state index contributed by atoms with van der Waals surface area (Å²) in [4.78, 5) is 31.9. The second kappa shape index (κ2) is 9.02. The molecule has 8 heteroatoms. The van der Waals surface area contributed by atoms with E-state index in [4.69, 9.17) is 4.74 Å². The molecule has 2 aromatic carbocycles. The fourth-order valence-corrected chi connectivity index (χ4v) is 5.32. The van der Waals surface area contributed by atoms with Crippen LogP contribution in [0.25, 0.3) is 21.3 Å². The summed E-state index contributed by atoms with van der Waals surface area (Å²) in [6.45, 7) is 7.54. The zero-order valence-electron chi connectivity index (χ0n) is 18.9. The van der Waals surface area contributed by atoms with E-state index in [0.717, 1.165) is 53.3 Å². The first-order valence-corrected chi connectivity index (χ1v) is 12.3. The van der Waals surface area contributed by atoms with Crippen molar-refractivity contribution in [3.8, 4) is 16.9 Å². The number of carbonyl (C=O) groups is 2. The van der Waals surface area contributed by atoms with Crippen molar-refractivity contribution in [1.82, 2.24) is 15.2 Å². The predicted molar refractivity (Wildman–Crippen MR) is 131 cm³/mol. The maximum Gasteiger partial charge on any atom is 0.220 e. The normalized spacial score (nSPS) is 19.6. The van der Waals surface area contributed by atoms with Crippen molar-refractivity contribution < 1.29 is 14.3 Å². The number of rotatable bonds is 5. The van der Waals surface area contributed by atoms with Crippen LogP contribution in [0.3, 0.4) is 0 Å². The molecular weight excluding hydrogens is 436 g/mol. The van der Waals surface area contributed by atoms with Crippen LogP contribution in [0.2, 0.25) is 0 Å². The molecule has 7 nitrogen and oxygen atoms in total. The molecule has 0 bridgehead atoms. The van der Waals surface area contributed by atoms with Crippen LogP contribution in [0.5, 0.6) is 5.75 Å². The average Bonchev–Trinajstić information content (AvgIpc) is 3.48. The molecule has 2 aliphatic heterocycles. The monoisotopic (exact) mass is 464 g/mol. The highest BCUT2D eigenvalue weighted by molar-refractivity contribution is 7.17. The summed E-state index contributed by atoms with van der Waals surface area (Å²) in [6.07, 6.45) is 0.440. The third-order valence-corrected chi connectivity index (χ3v) is 7.53. The van der Waals surface area contributed by atoms with Crippen LogP contribution >= 0.6 is 11.3 Å². The molecule has 0 saturated carbocycles. The van der Waals surface area contributed by atoms with Gasteiger partial charge in [0.25, 0.3) is 0 Å². The summed E-state index contributed by atoms with van der Waals surface area (Å²) in [5.74, 6) is 1.23. The number of carbonyl (C=O) groups excluding carboxylic acids is 2. The van der Waals surface area contributed by atoms with Crippen LogP contribution in [0.1, 0.15) is 20.3 Å². The van der Waals surface area contributed by atoms with Gasteiger partial charge < -0.3 is 19.9 Å². The number of nitrogens with one attached hydrogen (secondary N) is 1. The van der Waals surface area contributed by atoms with Crippen molar-refractivity contribution in [2.45, 2.75) is 26.4 Å². The van der Waals surface area contributed by atoms with E-state index in [1.165, 1.54) is 5.69 Å². The number of aromatic nitrogens is 1. The molecule has 172 valence electrons. The van der Waals surface area contributed by atoms with Gasteiger partial charge in [-0.15, -0.1) is 11.3 Å². The Morgan fingerprint density at radius 2 is 1.91 bits per heavy atom. The van der Waals surface area contributed by atoms with Gasteiger partial charge in [0.15, 0.2) is 0 Å². The summed E-state index contributed by atoms with van der Waals surface area (Å²) in [5, 5.41) is 2.89. The smallest absolute Gasteiger partial charge is 0.220 e. The molecule has 2 saturated heterocycles. The summed E-state index contributed by atoms with van der Waals surface area (Å²) in [5.41, 5.74) is 6.09. The second-order valence-electron chi connectivity index (χ2n) is 8.81. The fourth-order valence-electron chi connectivity index (χ4n) is 4.59. The molecule has 0 aliphatic carbocycles. The van der Waals surface area contributed by atoms with Crippen LogP contribution in [-0.4, -0.2) is 60.5 Å². The van der Waals surface area contributed by atoms with Gasteiger partial charge in [-0.3, -0.25) is 9.59 Å². The minimum atomic E-state index is -0.0689. The van der Waals surface area contributed by atoms with Crippen LogP contribution in [0, 0.1) is 5.92 Å². The van der Waals surface area contributed by atoms with Crippen molar-refractivity contribution >= 4 is 39.1 Å². The first-order valence-electron chi connectivity index (χ1n) is 11.4. The van der Waals surface area contributed by atoms with Crippen LogP contribution in [0.4, 0.5) is 5.69 Å². The van der Waals surface area contributed by atoms with E-state index in [9.17, 15) is 9.59 Å². The van der Waals surface area contributed by atoms with E-state index in [2.05, 4.69) is 51.6 Å². The third-order valence-electron chi connectivity index (χ3n) is 6.67. The van der Waals surface area contributed by atoms with Gasteiger partial charge in [0, 0.05) is 57.7 Å². The standard InChI is InChI=1S/C25H28N4O3S/c1-16(20-13-24(31)26-14-20)32-23-12-19(11-22-25(23)33-15-27-22)18-3-5-21(6-4-18)29-9-7-28(8-10-29)17(2)30/h3-6,11-12,15-16,20H,7-10,13-14H2,1-2H3,(H,26,31). The molecule has 2 fully saturated rings. The van der Waals surface area contributed by atoms with E-state index < -0.39 is 0 Å². The van der Waals surface area contributed by atoms with Crippen LogP contribution in [0.15, 0.2) is 41.9 Å². The number of hydrogen-bond acceptors (Lipinski definition) is 6. The van der Waals surface area contributed by atoms with Gasteiger partial charge in [0.1, 0.15) is 11.9 Å². The van der Waals surface area contributed by atoms with Crippen molar-refractivity contribution in [1.29, 1.82) is 0 Å². The van der Waals surface area contributed by atoms with Crippen molar-refractivity contribution in [3.63, 3.8) is 0 Å². The molecule has 3 heterocycles. The Bertz CT molecular complexity index is 1170. The van der Waals surface area contributed by atoms with Crippen molar-refractivity contribution in [3.05, 3.63) is 41.9 Å². The largest absolute Gasteiger partial charge is 0.489 e. The molecule has 1 N–H and O–H groups in total. The maximum absolute atomic E-state index is 11.6. The van der Waals surface area contributed by atoms with E-state index >= 15 is 0 Å². The highest BCUT2D eigenvalue weighted by Gasteiger charge is 2.28. The minimum absolute atomic E-state index is 0.0689. The molecule has 2 amide bonds. The van der Waals surface area contributed by atoms with Gasteiger partial charge in [-0.1, -0.05) is 12.1 Å². The Kier molecular flexibility index (Phi) is 5.93. The number of anilines is 1. The summed E-state index contributed by atoms with van der Waals surface area (Å²) in [7, 11) is 0. The minimum Gasteiger partial charge on any atom is -0.489 e. The zero-order chi connectivity index (χ0) is 22.9.